The van der Waals surface area contributed by atoms with Crippen LogP contribution in [-0.2, 0) is 10.7 Å². The van der Waals surface area contributed by atoms with Gasteiger partial charge in [-0.1, -0.05) is 13.3 Å². The molecule has 1 heterocycles. The fourth-order valence-corrected chi connectivity index (χ4v) is 2.19. The normalized spacial score (nSPS) is 21.8. The largest absolute Gasteiger partial charge is 0.290 e. The third-order valence-corrected chi connectivity index (χ3v) is 3.06. The Balaban J connectivity index is 2.26. The van der Waals surface area contributed by atoms with Crippen LogP contribution in [0.15, 0.2) is 0 Å². The number of piperidine rings is 1. The average Bonchev–Trinajstić information content (AvgIpc) is 2.05. The third kappa shape index (κ3) is 3.11. The molecule has 12 heavy (non-hydrogen) atoms. The molecule has 0 N–H and O–H groups in total. The number of likely N-dealkylation sites (tertiary alicyclic amines) is 1. The first-order valence-electron chi connectivity index (χ1n) is 4.35. The van der Waals surface area contributed by atoms with E-state index >= 15 is 0 Å². The van der Waals surface area contributed by atoms with Gasteiger partial charge in [-0.3, -0.25) is 4.90 Å². The number of thiol groups is 1. The van der Waals surface area contributed by atoms with Crippen molar-refractivity contribution in [1.82, 2.24) is 4.90 Å². The zero-order valence-corrected chi connectivity index (χ0v) is 8.13. The Kier molecular flexibility index (Phi) is 4.01. The summed E-state index contributed by atoms with van der Waals surface area (Å²) in [5.41, 5.74) is 0. The molecule has 0 saturated carbocycles. The van der Waals surface area contributed by atoms with E-state index in [-0.39, 0.29) is 5.88 Å². The van der Waals surface area contributed by atoms with Crippen molar-refractivity contribution in [3.8, 4) is 0 Å². The lowest BCUT2D eigenvalue weighted by Crippen LogP contribution is -2.34. The van der Waals surface area contributed by atoms with Gasteiger partial charge in [-0.15, -0.1) is 0 Å². The van der Waals surface area contributed by atoms with Crippen molar-refractivity contribution >= 4 is 10.7 Å². The van der Waals surface area contributed by atoms with E-state index in [2.05, 4.69) is 6.92 Å². The minimum absolute atomic E-state index is 0.235. The molecule has 1 aliphatic rings. The minimum atomic E-state index is -2.23. The van der Waals surface area contributed by atoms with Crippen LogP contribution >= 0.6 is 0 Å². The molecule has 1 saturated heterocycles. The van der Waals surface area contributed by atoms with E-state index in [1.165, 1.54) is 0 Å². The molecule has 4 heteroatoms. The highest BCUT2D eigenvalue weighted by Crippen LogP contribution is 2.19. The number of hydrogen-bond acceptors (Lipinski definition) is 3. The van der Waals surface area contributed by atoms with Gasteiger partial charge in [0.25, 0.3) is 0 Å². The third-order valence-electron chi connectivity index (χ3n) is 2.43. The summed E-state index contributed by atoms with van der Waals surface area (Å²) in [7, 11) is -2.23. The van der Waals surface area contributed by atoms with Crippen molar-refractivity contribution in [1.29, 1.82) is 0 Å². The van der Waals surface area contributed by atoms with Crippen LogP contribution in [0.3, 0.4) is 0 Å². The Morgan fingerprint density at radius 1 is 1.33 bits per heavy atom. The lowest BCUT2D eigenvalue weighted by molar-refractivity contribution is 0.210. The summed E-state index contributed by atoms with van der Waals surface area (Å²) in [5, 5.41) is 0. The van der Waals surface area contributed by atoms with Gasteiger partial charge in [-0.2, -0.15) is 0 Å². The van der Waals surface area contributed by atoms with Gasteiger partial charge in [0, 0.05) is 0 Å². The molecule has 71 valence electrons. The zero-order chi connectivity index (χ0) is 8.97. The minimum Gasteiger partial charge on any atom is -0.290 e. The van der Waals surface area contributed by atoms with Gasteiger partial charge in [0.2, 0.25) is 0 Å². The van der Waals surface area contributed by atoms with Gasteiger partial charge >= 0.3 is 0 Å². The molecule has 1 aliphatic heterocycles. The van der Waals surface area contributed by atoms with Crippen LogP contribution < -0.4 is 0 Å². The lowest BCUT2D eigenvalue weighted by atomic mass is 9.95. The fraction of sp³-hybridized carbons (Fsp3) is 0.875. The Bertz CT molecular complexity index is 187. The van der Waals surface area contributed by atoms with Crippen molar-refractivity contribution in [2.45, 2.75) is 19.3 Å². The second-order valence-corrected chi connectivity index (χ2v) is 4.27. The lowest BCUT2D eigenvalue weighted by Gasteiger charge is -2.29. The van der Waals surface area contributed by atoms with Gasteiger partial charge in [-0.05, 0) is 31.8 Å². The van der Waals surface area contributed by atoms with Crippen LogP contribution in [0.2, 0.25) is 0 Å². The summed E-state index contributed by atoms with van der Waals surface area (Å²) in [6.45, 7) is 5.70. The van der Waals surface area contributed by atoms with Crippen LogP contribution in [0.25, 0.3) is 0 Å². The molecule has 1 radical (unpaired) electrons. The smallest absolute Gasteiger partial charge is 0.153 e. The number of hydrogen-bond donors (Lipinski definition) is 1. The van der Waals surface area contributed by atoms with E-state index in [1.807, 2.05) is 4.90 Å². The molecule has 0 aliphatic carbocycles. The Morgan fingerprint density at radius 3 is 2.33 bits per heavy atom. The summed E-state index contributed by atoms with van der Waals surface area (Å²) >= 11 is 0. The first-order chi connectivity index (χ1) is 5.72. The molecule has 0 atom stereocenters. The van der Waals surface area contributed by atoms with E-state index < -0.39 is 10.7 Å². The van der Waals surface area contributed by atoms with Crippen molar-refractivity contribution < 1.29 is 8.42 Å². The molecule has 0 bridgehead atoms. The van der Waals surface area contributed by atoms with E-state index in [9.17, 15) is 8.42 Å². The zero-order valence-electron chi connectivity index (χ0n) is 7.24. The van der Waals surface area contributed by atoms with E-state index in [4.69, 9.17) is 0 Å². The van der Waals surface area contributed by atoms with Crippen molar-refractivity contribution in [2.24, 2.45) is 5.92 Å². The molecule has 0 amide bonds. The van der Waals surface area contributed by atoms with Gasteiger partial charge in [0.15, 0.2) is 10.7 Å². The molecule has 0 aromatic carbocycles. The Hall–Kier alpha value is -0.0900. The summed E-state index contributed by atoms with van der Waals surface area (Å²) in [5.74, 6) is 0.949. The maximum atomic E-state index is 10.4. The highest BCUT2D eigenvalue weighted by atomic mass is 32.2. The highest BCUT2D eigenvalue weighted by Gasteiger charge is 2.17. The first-order valence-corrected chi connectivity index (χ1v) is 5.72. The average molecular weight is 190 g/mol. The van der Waals surface area contributed by atoms with E-state index in [0.29, 0.717) is 5.92 Å². The van der Waals surface area contributed by atoms with Crippen molar-refractivity contribution in [3.63, 3.8) is 0 Å². The Morgan fingerprint density at radius 2 is 1.92 bits per heavy atom. The van der Waals surface area contributed by atoms with Gasteiger partial charge in [0.05, 0.1) is 5.88 Å². The van der Waals surface area contributed by atoms with Gasteiger partial charge in [-0.25, -0.2) is 8.42 Å². The SMILES string of the molecule is [CH2]CC1CCN(C[SH](=O)=O)CC1. The molecule has 0 aromatic rings. The van der Waals surface area contributed by atoms with Crippen LogP contribution in [-0.4, -0.2) is 32.3 Å². The predicted molar refractivity (Wildman–Crippen MR) is 49.5 cm³/mol. The highest BCUT2D eigenvalue weighted by molar-refractivity contribution is 7.72. The molecule has 0 aromatic heterocycles. The molecule has 3 nitrogen and oxygen atoms in total. The predicted octanol–water partition coefficient (Wildman–Crippen LogP) is 0.491. The Labute approximate surface area is 75.7 Å². The van der Waals surface area contributed by atoms with Gasteiger partial charge in [0.1, 0.15) is 0 Å². The fourth-order valence-electron chi connectivity index (χ4n) is 1.58. The van der Waals surface area contributed by atoms with Crippen molar-refractivity contribution in [3.05, 3.63) is 6.92 Å². The number of rotatable bonds is 3. The quantitative estimate of drug-likeness (QED) is 0.658. The summed E-state index contributed by atoms with van der Waals surface area (Å²) in [6.07, 6.45) is 3.19. The summed E-state index contributed by atoms with van der Waals surface area (Å²) in [4.78, 5) is 2.00. The number of nitrogens with zero attached hydrogens (tertiary/aromatic N) is 1. The maximum Gasteiger partial charge on any atom is 0.153 e. The monoisotopic (exact) mass is 190 g/mol. The van der Waals surface area contributed by atoms with Crippen LogP contribution in [0.1, 0.15) is 19.3 Å². The molecule has 0 unspecified atom stereocenters. The second-order valence-electron chi connectivity index (χ2n) is 3.32. The topological polar surface area (TPSA) is 37.4 Å². The summed E-state index contributed by atoms with van der Waals surface area (Å²) in [6, 6.07) is 0. The van der Waals surface area contributed by atoms with E-state index in [0.717, 1.165) is 32.4 Å². The molecule has 1 fully saturated rings. The molecule has 1 rings (SSSR count). The molecular weight excluding hydrogens is 174 g/mol. The van der Waals surface area contributed by atoms with Gasteiger partial charge < -0.3 is 0 Å². The van der Waals surface area contributed by atoms with Crippen LogP contribution in [0.4, 0.5) is 0 Å². The molecular formula is C8H16NO2S. The standard InChI is InChI=1S/C8H16NO2S/c1-2-8-3-5-9(6-4-8)7-12(10)11/h8,12H,1-7H2. The first kappa shape index (κ1) is 9.99. The van der Waals surface area contributed by atoms with E-state index in [1.54, 1.807) is 0 Å². The van der Waals surface area contributed by atoms with Crippen LogP contribution in [0.5, 0.6) is 0 Å². The maximum absolute atomic E-state index is 10.4. The van der Waals surface area contributed by atoms with Crippen LogP contribution in [0, 0.1) is 12.8 Å². The summed E-state index contributed by atoms with van der Waals surface area (Å²) < 4.78 is 20.8. The molecule has 0 spiro atoms. The van der Waals surface area contributed by atoms with Crippen molar-refractivity contribution in [2.75, 3.05) is 19.0 Å². The second kappa shape index (κ2) is 4.82.